The minimum Gasteiger partial charge on any atom is -0.481 e. The van der Waals surface area contributed by atoms with Crippen molar-refractivity contribution in [3.05, 3.63) is 35.9 Å². The summed E-state index contributed by atoms with van der Waals surface area (Å²) in [6.07, 6.45) is -4.50. The van der Waals surface area contributed by atoms with Gasteiger partial charge in [0.15, 0.2) is 0 Å². The number of nitrogens with zero attached hydrogens (tertiary/aromatic N) is 1. The van der Waals surface area contributed by atoms with Gasteiger partial charge in [0.05, 0.1) is 11.3 Å². The van der Waals surface area contributed by atoms with Crippen molar-refractivity contribution < 1.29 is 23.1 Å². The maximum absolute atomic E-state index is 13.0. The molecule has 1 aromatic carbocycles. The Morgan fingerprint density at radius 2 is 2.00 bits per heavy atom. The number of halogens is 3. The van der Waals surface area contributed by atoms with Crippen molar-refractivity contribution in [3.8, 4) is 0 Å². The molecular formula is C14H16F3NO2. The third kappa shape index (κ3) is 2.80. The second-order valence-electron chi connectivity index (χ2n) is 5.47. The monoisotopic (exact) mass is 287 g/mol. The van der Waals surface area contributed by atoms with Crippen LogP contribution in [0, 0.1) is 11.3 Å². The molecule has 3 nitrogen and oxygen atoms in total. The average molecular weight is 287 g/mol. The lowest BCUT2D eigenvalue weighted by molar-refractivity contribution is -0.202. The fourth-order valence-corrected chi connectivity index (χ4v) is 2.74. The van der Waals surface area contributed by atoms with Crippen molar-refractivity contribution in [2.45, 2.75) is 19.6 Å². The first-order valence-electron chi connectivity index (χ1n) is 6.30. The molecule has 0 bridgehead atoms. The lowest BCUT2D eigenvalue weighted by Gasteiger charge is -2.27. The van der Waals surface area contributed by atoms with Gasteiger partial charge in [0.1, 0.15) is 0 Å². The summed E-state index contributed by atoms with van der Waals surface area (Å²) in [5, 5.41) is 9.16. The van der Waals surface area contributed by atoms with Crippen LogP contribution in [0.1, 0.15) is 12.5 Å². The average Bonchev–Trinajstić information content (AvgIpc) is 2.69. The van der Waals surface area contributed by atoms with Gasteiger partial charge in [0.2, 0.25) is 0 Å². The number of carboxylic acids is 1. The first-order chi connectivity index (χ1) is 9.23. The molecule has 2 atom stereocenters. The summed E-state index contributed by atoms with van der Waals surface area (Å²) in [5.74, 6) is -3.23. The first kappa shape index (κ1) is 14.8. The molecule has 1 aliphatic heterocycles. The van der Waals surface area contributed by atoms with E-state index in [9.17, 15) is 18.0 Å². The molecule has 0 amide bonds. The number of likely N-dealkylation sites (tertiary alicyclic amines) is 1. The van der Waals surface area contributed by atoms with Crippen molar-refractivity contribution in [2.75, 3.05) is 13.1 Å². The van der Waals surface area contributed by atoms with Crippen molar-refractivity contribution in [1.29, 1.82) is 0 Å². The van der Waals surface area contributed by atoms with Gasteiger partial charge in [-0.1, -0.05) is 30.3 Å². The molecule has 0 radical (unpaired) electrons. The number of carbonyl (C=O) groups is 1. The van der Waals surface area contributed by atoms with Crippen LogP contribution in [0.5, 0.6) is 0 Å². The normalized spacial score (nSPS) is 27.7. The number of aliphatic carboxylic acids is 1. The zero-order valence-electron chi connectivity index (χ0n) is 11.0. The standard InChI is InChI=1S/C14H16F3NO2/c1-13(12(19)20)9-18(8-11(13)14(15,16)17)7-10-5-3-2-4-6-10/h2-6,11H,7-9H2,1H3,(H,19,20)/t11-,13-/m0/s1. The van der Waals surface area contributed by atoms with Crippen LogP contribution >= 0.6 is 0 Å². The minimum atomic E-state index is -4.50. The predicted octanol–water partition coefficient (Wildman–Crippen LogP) is 2.77. The highest BCUT2D eigenvalue weighted by atomic mass is 19.4. The third-order valence-corrected chi connectivity index (χ3v) is 3.89. The number of rotatable bonds is 3. The van der Waals surface area contributed by atoms with Crippen LogP contribution in [-0.2, 0) is 11.3 Å². The van der Waals surface area contributed by atoms with Gasteiger partial charge in [-0.2, -0.15) is 13.2 Å². The Hall–Kier alpha value is -1.56. The lowest BCUT2D eigenvalue weighted by atomic mass is 9.79. The summed E-state index contributed by atoms with van der Waals surface area (Å²) in [4.78, 5) is 12.8. The van der Waals surface area contributed by atoms with Crippen molar-refractivity contribution in [1.82, 2.24) is 4.90 Å². The molecule has 0 aliphatic carbocycles. The fourth-order valence-electron chi connectivity index (χ4n) is 2.74. The van der Waals surface area contributed by atoms with Gasteiger partial charge in [-0.3, -0.25) is 9.69 Å². The molecule has 1 fully saturated rings. The number of hydrogen-bond acceptors (Lipinski definition) is 2. The molecule has 20 heavy (non-hydrogen) atoms. The first-order valence-corrected chi connectivity index (χ1v) is 6.30. The zero-order valence-corrected chi connectivity index (χ0v) is 11.0. The van der Waals surface area contributed by atoms with Gasteiger partial charge in [-0.25, -0.2) is 0 Å². The smallest absolute Gasteiger partial charge is 0.394 e. The molecule has 1 aliphatic rings. The lowest BCUT2D eigenvalue weighted by Crippen LogP contribution is -2.42. The number of carboxylic acid groups (broad SMARTS) is 1. The highest BCUT2D eigenvalue weighted by molar-refractivity contribution is 5.75. The number of hydrogen-bond donors (Lipinski definition) is 1. The summed E-state index contributed by atoms with van der Waals surface area (Å²) in [6.45, 7) is 1.14. The summed E-state index contributed by atoms with van der Waals surface area (Å²) in [7, 11) is 0. The maximum Gasteiger partial charge on any atom is 0.394 e. The van der Waals surface area contributed by atoms with E-state index in [0.717, 1.165) is 5.56 Å². The van der Waals surface area contributed by atoms with Crippen LogP contribution in [0.4, 0.5) is 13.2 Å². The Bertz CT molecular complexity index is 489. The summed E-state index contributed by atoms with van der Waals surface area (Å²) in [6, 6.07) is 9.08. The molecule has 1 saturated heterocycles. The van der Waals surface area contributed by atoms with Gasteiger partial charge in [0, 0.05) is 19.6 Å². The van der Waals surface area contributed by atoms with Crippen molar-refractivity contribution >= 4 is 5.97 Å². The zero-order chi connectivity index (χ0) is 15.0. The highest BCUT2D eigenvalue weighted by Gasteiger charge is 2.59. The molecule has 2 rings (SSSR count). The van der Waals surface area contributed by atoms with E-state index in [0.29, 0.717) is 6.54 Å². The maximum atomic E-state index is 13.0. The van der Waals surface area contributed by atoms with Crippen molar-refractivity contribution in [3.63, 3.8) is 0 Å². The third-order valence-electron chi connectivity index (χ3n) is 3.89. The SMILES string of the molecule is C[C@]1(C(=O)O)CN(Cc2ccccc2)C[C@@H]1C(F)(F)F. The Balaban J connectivity index is 2.18. The second-order valence-corrected chi connectivity index (χ2v) is 5.47. The van der Waals surface area contributed by atoms with E-state index in [-0.39, 0.29) is 13.1 Å². The molecule has 1 aromatic rings. The highest BCUT2D eigenvalue weighted by Crippen LogP contribution is 2.45. The van der Waals surface area contributed by atoms with Crippen LogP contribution in [-0.4, -0.2) is 35.2 Å². The van der Waals surface area contributed by atoms with Gasteiger partial charge < -0.3 is 5.11 Å². The van der Waals surface area contributed by atoms with E-state index in [1.807, 2.05) is 30.3 Å². The molecule has 0 spiro atoms. The van der Waals surface area contributed by atoms with E-state index >= 15 is 0 Å². The quantitative estimate of drug-likeness (QED) is 0.929. The fraction of sp³-hybridized carbons (Fsp3) is 0.500. The van der Waals surface area contributed by atoms with E-state index in [1.165, 1.54) is 6.92 Å². The van der Waals surface area contributed by atoms with E-state index < -0.39 is 23.5 Å². The molecule has 0 aromatic heterocycles. The topological polar surface area (TPSA) is 40.5 Å². The Morgan fingerprint density at radius 3 is 2.45 bits per heavy atom. The van der Waals surface area contributed by atoms with Crippen LogP contribution in [0.25, 0.3) is 0 Å². The van der Waals surface area contributed by atoms with Gasteiger partial charge >= 0.3 is 12.1 Å². The summed E-state index contributed by atoms with van der Waals surface area (Å²) < 4.78 is 39.1. The molecule has 0 saturated carbocycles. The van der Waals surface area contributed by atoms with Gasteiger partial charge in [-0.05, 0) is 12.5 Å². The largest absolute Gasteiger partial charge is 0.481 e. The molecule has 110 valence electrons. The van der Waals surface area contributed by atoms with Crippen LogP contribution < -0.4 is 0 Å². The number of benzene rings is 1. The molecular weight excluding hydrogens is 271 g/mol. The van der Waals surface area contributed by atoms with Gasteiger partial charge in [-0.15, -0.1) is 0 Å². The van der Waals surface area contributed by atoms with Gasteiger partial charge in [0.25, 0.3) is 0 Å². The Kier molecular flexibility index (Phi) is 3.77. The van der Waals surface area contributed by atoms with E-state index in [1.54, 1.807) is 4.90 Å². The van der Waals surface area contributed by atoms with E-state index in [2.05, 4.69) is 0 Å². The predicted molar refractivity (Wildman–Crippen MR) is 67.0 cm³/mol. The van der Waals surface area contributed by atoms with E-state index in [4.69, 9.17) is 5.11 Å². The summed E-state index contributed by atoms with van der Waals surface area (Å²) in [5.41, 5.74) is -0.907. The Labute approximate surface area is 115 Å². The molecule has 1 N–H and O–H groups in total. The van der Waals surface area contributed by atoms with Crippen molar-refractivity contribution in [2.24, 2.45) is 11.3 Å². The molecule has 6 heteroatoms. The van der Waals surface area contributed by atoms with Crippen LogP contribution in [0.15, 0.2) is 30.3 Å². The Morgan fingerprint density at radius 1 is 1.40 bits per heavy atom. The van der Waals surface area contributed by atoms with Crippen LogP contribution in [0.2, 0.25) is 0 Å². The number of alkyl halides is 3. The summed E-state index contributed by atoms with van der Waals surface area (Å²) >= 11 is 0. The molecule has 1 heterocycles. The van der Waals surface area contributed by atoms with Crippen LogP contribution in [0.3, 0.4) is 0 Å². The molecule has 0 unspecified atom stereocenters. The minimum absolute atomic E-state index is 0.0958. The second kappa shape index (κ2) is 5.09.